The Morgan fingerprint density at radius 2 is 1.00 bits per heavy atom. The minimum Gasteiger partial charge on any atom is -0.497 e. The number of ether oxygens (including phenoxy) is 3. The molecule has 0 amide bonds. The van der Waals surface area contributed by atoms with Crippen molar-refractivity contribution in [3.05, 3.63) is 11.3 Å². The highest BCUT2D eigenvalue weighted by atomic mass is 28.1. The first-order valence-corrected chi connectivity index (χ1v) is 9.10. The van der Waals surface area contributed by atoms with Crippen molar-refractivity contribution in [3.63, 3.8) is 0 Å². The first-order chi connectivity index (χ1) is 10.3. The summed E-state index contributed by atoms with van der Waals surface area (Å²) in [5, 5.41) is 0.596. The topological polar surface area (TPSA) is 27.7 Å². The summed E-state index contributed by atoms with van der Waals surface area (Å²) in [6, 6.07) is 0. The van der Waals surface area contributed by atoms with Crippen LogP contribution in [0, 0.1) is 0 Å². The molecular formula is C17H33O3Si. The molecule has 21 heavy (non-hydrogen) atoms. The van der Waals surface area contributed by atoms with Gasteiger partial charge in [0.1, 0.15) is 15.6 Å². The van der Waals surface area contributed by atoms with Gasteiger partial charge in [0.15, 0.2) is 0 Å². The number of hydrogen-bond donors (Lipinski definition) is 0. The highest BCUT2D eigenvalue weighted by Crippen LogP contribution is 2.11. The summed E-state index contributed by atoms with van der Waals surface area (Å²) < 4.78 is 17.1. The van der Waals surface area contributed by atoms with Gasteiger partial charge in [0.2, 0.25) is 0 Å². The van der Waals surface area contributed by atoms with Crippen LogP contribution in [0.25, 0.3) is 0 Å². The van der Waals surface area contributed by atoms with E-state index in [0.29, 0.717) is 31.1 Å². The van der Waals surface area contributed by atoms with Gasteiger partial charge in [-0.2, -0.15) is 0 Å². The van der Waals surface area contributed by atoms with Gasteiger partial charge in [-0.3, -0.25) is 0 Å². The van der Waals surface area contributed by atoms with Gasteiger partial charge in [-0.1, -0.05) is 59.3 Å². The summed E-state index contributed by atoms with van der Waals surface area (Å²) in [5.74, 6) is 0.510. The molecule has 0 rings (SSSR count). The summed E-state index contributed by atoms with van der Waals surface area (Å²) in [5.41, 5.74) is 0. The van der Waals surface area contributed by atoms with Crippen LogP contribution in [0.2, 0.25) is 0 Å². The Bertz CT molecular complexity index is 240. The predicted molar refractivity (Wildman–Crippen MR) is 89.2 cm³/mol. The van der Waals surface area contributed by atoms with Crippen LogP contribution in [0.15, 0.2) is 11.3 Å². The first-order valence-electron chi connectivity index (χ1n) is 8.60. The maximum absolute atomic E-state index is 5.73. The molecule has 0 unspecified atom stereocenters. The monoisotopic (exact) mass is 313 g/mol. The zero-order chi connectivity index (χ0) is 15.8. The van der Waals surface area contributed by atoms with Crippen molar-refractivity contribution in [2.24, 2.45) is 0 Å². The van der Waals surface area contributed by atoms with Crippen molar-refractivity contribution in [3.8, 4) is 0 Å². The van der Waals surface area contributed by atoms with E-state index in [2.05, 4.69) is 31.0 Å². The Balaban J connectivity index is 4.16. The maximum Gasteiger partial charge on any atom is 0.312 e. The Morgan fingerprint density at radius 1 is 0.619 bits per heavy atom. The fourth-order valence-electron chi connectivity index (χ4n) is 1.79. The third-order valence-electron chi connectivity index (χ3n) is 3.14. The lowest BCUT2D eigenvalue weighted by Crippen LogP contribution is -2.08. The minimum absolute atomic E-state index is 0.510. The lowest BCUT2D eigenvalue weighted by molar-refractivity contribution is 0.0153. The molecule has 0 spiro atoms. The molecule has 123 valence electrons. The van der Waals surface area contributed by atoms with E-state index in [1.807, 2.05) is 0 Å². The van der Waals surface area contributed by atoms with Gasteiger partial charge in [0.05, 0.1) is 19.8 Å². The quantitative estimate of drug-likeness (QED) is 0.244. The van der Waals surface area contributed by atoms with E-state index in [9.17, 15) is 0 Å². The van der Waals surface area contributed by atoms with Crippen LogP contribution < -0.4 is 0 Å². The SMILES string of the molecule is CCCCCOC([Si])=C(OCCCCC)OCCCCC. The molecule has 0 aromatic heterocycles. The van der Waals surface area contributed by atoms with E-state index in [1.54, 1.807) is 0 Å². The average molecular weight is 314 g/mol. The number of unbranched alkanes of at least 4 members (excludes halogenated alkanes) is 6. The molecule has 0 aliphatic carbocycles. The van der Waals surface area contributed by atoms with Crippen LogP contribution in [0.5, 0.6) is 0 Å². The summed E-state index contributed by atoms with van der Waals surface area (Å²) in [6.45, 7) is 8.62. The smallest absolute Gasteiger partial charge is 0.312 e. The second kappa shape index (κ2) is 15.7. The third kappa shape index (κ3) is 12.8. The normalized spacial score (nSPS) is 10.3. The van der Waals surface area contributed by atoms with Crippen molar-refractivity contribution in [1.82, 2.24) is 0 Å². The van der Waals surface area contributed by atoms with Crippen LogP contribution >= 0.6 is 0 Å². The van der Waals surface area contributed by atoms with E-state index in [1.165, 1.54) is 38.5 Å². The Morgan fingerprint density at radius 3 is 1.38 bits per heavy atom. The van der Waals surface area contributed by atoms with E-state index >= 15 is 0 Å². The summed E-state index contributed by atoms with van der Waals surface area (Å²) in [4.78, 5) is 0. The molecular weight excluding hydrogens is 280 g/mol. The summed E-state index contributed by atoms with van der Waals surface area (Å²) in [7, 11) is 3.50. The molecule has 0 bridgehead atoms. The molecule has 0 heterocycles. The first kappa shape index (κ1) is 20.4. The van der Waals surface area contributed by atoms with E-state index in [-0.39, 0.29) is 0 Å². The molecule has 0 atom stereocenters. The van der Waals surface area contributed by atoms with Crippen LogP contribution in [0.4, 0.5) is 0 Å². The molecule has 0 saturated heterocycles. The van der Waals surface area contributed by atoms with E-state index in [4.69, 9.17) is 14.2 Å². The minimum atomic E-state index is 0.510. The molecule has 0 aromatic rings. The van der Waals surface area contributed by atoms with Crippen molar-refractivity contribution < 1.29 is 14.2 Å². The van der Waals surface area contributed by atoms with E-state index < -0.39 is 0 Å². The van der Waals surface area contributed by atoms with Gasteiger partial charge < -0.3 is 14.2 Å². The molecule has 0 aliphatic rings. The molecule has 0 fully saturated rings. The lowest BCUT2D eigenvalue weighted by atomic mass is 10.3. The molecule has 0 saturated carbocycles. The number of hydrogen-bond acceptors (Lipinski definition) is 3. The molecule has 0 N–H and O–H groups in total. The van der Waals surface area contributed by atoms with E-state index in [0.717, 1.165) is 19.3 Å². The molecule has 0 aromatic carbocycles. The predicted octanol–water partition coefficient (Wildman–Crippen LogP) is 4.90. The summed E-state index contributed by atoms with van der Waals surface area (Å²) in [6.07, 6.45) is 10.3. The highest BCUT2D eigenvalue weighted by molar-refractivity contribution is 6.20. The fraction of sp³-hybridized carbons (Fsp3) is 0.882. The Hall–Kier alpha value is -0.643. The van der Waals surface area contributed by atoms with Gasteiger partial charge in [0.25, 0.3) is 0 Å². The van der Waals surface area contributed by atoms with Crippen molar-refractivity contribution >= 4 is 10.2 Å². The Labute approximate surface area is 134 Å². The molecule has 0 aliphatic heterocycles. The van der Waals surface area contributed by atoms with Crippen molar-refractivity contribution in [2.75, 3.05) is 19.8 Å². The van der Waals surface area contributed by atoms with Crippen LogP contribution in [0.1, 0.15) is 78.6 Å². The van der Waals surface area contributed by atoms with Gasteiger partial charge >= 0.3 is 5.95 Å². The lowest BCUT2D eigenvalue weighted by Gasteiger charge is -2.15. The van der Waals surface area contributed by atoms with Crippen molar-refractivity contribution in [2.45, 2.75) is 78.6 Å². The van der Waals surface area contributed by atoms with Gasteiger partial charge in [-0.25, -0.2) is 0 Å². The van der Waals surface area contributed by atoms with Gasteiger partial charge in [0, 0.05) is 0 Å². The summed E-state index contributed by atoms with van der Waals surface area (Å²) >= 11 is 0. The van der Waals surface area contributed by atoms with Crippen LogP contribution in [0.3, 0.4) is 0 Å². The fourth-order valence-corrected chi connectivity index (χ4v) is 2.04. The zero-order valence-electron chi connectivity index (χ0n) is 14.2. The highest BCUT2D eigenvalue weighted by Gasteiger charge is 2.07. The standard InChI is InChI=1S/C17H33O3Si/c1-4-7-10-13-18-16(19-14-11-8-5-2)17(21)20-15-12-9-6-3/h4-15H2,1-3H3. The molecule has 3 radical (unpaired) electrons. The zero-order valence-corrected chi connectivity index (χ0v) is 15.2. The van der Waals surface area contributed by atoms with Crippen molar-refractivity contribution in [1.29, 1.82) is 0 Å². The second-order valence-electron chi connectivity index (χ2n) is 5.28. The van der Waals surface area contributed by atoms with Crippen LogP contribution in [-0.2, 0) is 14.2 Å². The number of rotatable bonds is 15. The Kier molecular flexibility index (Phi) is 15.3. The largest absolute Gasteiger partial charge is 0.497 e. The molecule has 3 nitrogen and oxygen atoms in total. The average Bonchev–Trinajstić information content (AvgIpc) is 2.49. The van der Waals surface area contributed by atoms with Gasteiger partial charge in [-0.05, 0) is 19.3 Å². The van der Waals surface area contributed by atoms with Crippen LogP contribution in [-0.4, -0.2) is 30.1 Å². The molecule has 4 heteroatoms. The maximum atomic E-state index is 5.73. The second-order valence-corrected chi connectivity index (χ2v) is 5.74. The van der Waals surface area contributed by atoms with Gasteiger partial charge in [-0.15, -0.1) is 0 Å². The third-order valence-corrected chi connectivity index (χ3v) is 3.49.